The Morgan fingerprint density at radius 2 is 1.67 bits per heavy atom. The number of aliphatic hydroxyl groups is 1. The summed E-state index contributed by atoms with van der Waals surface area (Å²) in [6.07, 6.45) is 7.54. The topological polar surface area (TPSA) is 46.2 Å². The fourth-order valence-corrected chi connectivity index (χ4v) is 1.00. The molecule has 0 aliphatic heterocycles. The second-order valence-electron chi connectivity index (χ2n) is 2.98. The predicted octanol–water partition coefficient (Wildman–Crippen LogP) is 2.93. The second-order valence-corrected chi connectivity index (χ2v) is 2.98. The SMILES string of the molecule is CC(O)=C1C=CC=C1.N[c-]1cccc1.[Fe]. The van der Waals surface area contributed by atoms with Crippen LogP contribution >= 0.6 is 0 Å². The summed E-state index contributed by atoms with van der Waals surface area (Å²) in [5, 5.41) is 8.83. The number of nitrogen functional groups attached to an aromatic ring is 1. The van der Waals surface area contributed by atoms with Crippen LogP contribution in [-0.2, 0) is 17.1 Å². The first-order valence-corrected chi connectivity index (χ1v) is 4.42. The van der Waals surface area contributed by atoms with Crippen molar-refractivity contribution in [1.29, 1.82) is 0 Å². The minimum atomic E-state index is 0. The quantitative estimate of drug-likeness (QED) is 0.418. The standard InChI is InChI=1S/C7H8O.C5H6N.Fe/c1-6(8)7-4-2-3-5-7;6-5-3-1-2-4-5;/h2-5,8H,1H3;1-4H,6H2;/q;-1;. The maximum Gasteiger partial charge on any atom is 0.0963 e. The van der Waals surface area contributed by atoms with Gasteiger partial charge >= 0.3 is 0 Å². The van der Waals surface area contributed by atoms with Crippen molar-refractivity contribution in [3.63, 3.8) is 0 Å². The van der Waals surface area contributed by atoms with Crippen LogP contribution in [0.3, 0.4) is 0 Å². The molecule has 0 saturated heterocycles. The Bertz CT molecular complexity index is 343. The van der Waals surface area contributed by atoms with Gasteiger partial charge in [-0.15, -0.1) is 0 Å². The van der Waals surface area contributed by atoms with Crippen molar-refractivity contribution in [2.24, 2.45) is 0 Å². The Hall–Kier alpha value is -1.31. The molecule has 2 rings (SSSR count). The number of hydrogen-bond acceptors (Lipinski definition) is 2. The largest absolute Gasteiger partial charge is 0.512 e. The van der Waals surface area contributed by atoms with Crippen molar-refractivity contribution in [3.8, 4) is 0 Å². The van der Waals surface area contributed by atoms with E-state index in [2.05, 4.69) is 0 Å². The molecule has 0 heterocycles. The van der Waals surface area contributed by atoms with Crippen LogP contribution in [0.15, 0.2) is 59.9 Å². The van der Waals surface area contributed by atoms with E-state index in [1.54, 1.807) is 6.92 Å². The maximum absolute atomic E-state index is 8.83. The fourth-order valence-electron chi connectivity index (χ4n) is 1.00. The first-order chi connectivity index (χ1) is 6.70. The maximum atomic E-state index is 8.83. The third-order valence-electron chi connectivity index (χ3n) is 1.77. The zero-order valence-electron chi connectivity index (χ0n) is 8.50. The zero-order chi connectivity index (χ0) is 10.4. The van der Waals surface area contributed by atoms with Crippen molar-refractivity contribution in [2.75, 3.05) is 5.73 Å². The van der Waals surface area contributed by atoms with Crippen LogP contribution in [0.4, 0.5) is 5.69 Å². The van der Waals surface area contributed by atoms with Crippen molar-refractivity contribution < 1.29 is 22.2 Å². The number of anilines is 1. The molecule has 3 heteroatoms. The minimum Gasteiger partial charge on any atom is -0.512 e. The molecule has 15 heavy (non-hydrogen) atoms. The van der Waals surface area contributed by atoms with Crippen molar-refractivity contribution in [2.45, 2.75) is 6.92 Å². The van der Waals surface area contributed by atoms with Crippen LogP contribution in [0.25, 0.3) is 0 Å². The molecule has 0 fully saturated rings. The third-order valence-corrected chi connectivity index (χ3v) is 1.77. The number of nitrogens with two attached hydrogens (primary N) is 1. The van der Waals surface area contributed by atoms with Crippen molar-refractivity contribution in [1.82, 2.24) is 0 Å². The van der Waals surface area contributed by atoms with Gasteiger partial charge in [0, 0.05) is 22.6 Å². The van der Waals surface area contributed by atoms with Crippen molar-refractivity contribution in [3.05, 3.63) is 59.9 Å². The molecule has 3 N–H and O–H groups in total. The van der Waals surface area contributed by atoms with Gasteiger partial charge in [-0.3, -0.25) is 0 Å². The Kier molecular flexibility index (Phi) is 6.43. The van der Waals surface area contributed by atoms with Gasteiger partial charge in [0.05, 0.1) is 5.76 Å². The number of aliphatic hydroxyl groups excluding tert-OH is 1. The van der Waals surface area contributed by atoms with Gasteiger partial charge in [0.15, 0.2) is 0 Å². The molecule has 0 unspecified atom stereocenters. The average molecular weight is 244 g/mol. The molecule has 0 atom stereocenters. The van der Waals surface area contributed by atoms with Gasteiger partial charge in [0.2, 0.25) is 0 Å². The fraction of sp³-hybridized carbons (Fsp3) is 0.0833. The number of hydrogen-bond donors (Lipinski definition) is 2. The van der Waals surface area contributed by atoms with E-state index in [0.717, 1.165) is 11.3 Å². The summed E-state index contributed by atoms with van der Waals surface area (Å²) in [7, 11) is 0. The van der Waals surface area contributed by atoms with Gasteiger partial charge in [0.25, 0.3) is 0 Å². The monoisotopic (exact) mass is 244 g/mol. The molecule has 0 radical (unpaired) electrons. The minimum absolute atomic E-state index is 0. The van der Waals surface area contributed by atoms with Crippen LogP contribution in [0.2, 0.25) is 0 Å². The summed E-state index contributed by atoms with van der Waals surface area (Å²) in [6, 6.07) is 7.55. The molecule has 1 aromatic carbocycles. The normalized spacial score (nSPS) is 11.7. The molecule has 1 aliphatic carbocycles. The second kappa shape index (κ2) is 7.04. The van der Waals surface area contributed by atoms with Gasteiger partial charge in [-0.1, -0.05) is 30.0 Å². The Morgan fingerprint density at radius 1 is 1.20 bits per heavy atom. The summed E-state index contributed by atoms with van der Waals surface area (Å²) in [6.45, 7) is 1.68. The van der Waals surface area contributed by atoms with E-state index in [0.29, 0.717) is 5.76 Å². The molecule has 0 saturated carbocycles. The van der Waals surface area contributed by atoms with Crippen LogP contribution in [-0.4, -0.2) is 5.11 Å². The van der Waals surface area contributed by atoms with Gasteiger partial charge in [-0.2, -0.15) is 12.1 Å². The summed E-state index contributed by atoms with van der Waals surface area (Å²) in [4.78, 5) is 0. The van der Waals surface area contributed by atoms with Crippen LogP contribution in [0.5, 0.6) is 0 Å². The summed E-state index contributed by atoms with van der Waals surface area (Å²) in [5.41, 5.74) is 7.03. The van der Waals surface area contributed by atoms with E-state index in [-0.39, 0.29) is 17.1 Å². The van der Waals surface area contributed by atoms with Gasteiger partial charge in [0.1, 0.15) is 0 Å². The van der Waals surface area contributed by atoms with Crippen LogP contribution in [0.1, 0.15) is 6.92 Å². The van der Waals surface area contributed by atoms with Gasteiger partial charge in [-0.25, -0.2) is 12.1 Å². The Morgan fingerprint density at radius 3 is 1.87 bits per heavy atom. The van der Waals surface area contributed by atoms with E-state index < -0.39 is 0 Å². The molecule has 0 bridgehead atoms. The van der Waals surface area contributed by atoms with Gasteiger partial charge < -0.3 is 10.8 Å². The number of rotatable bonds is 0. The molecule has 1 aromatic rings. The van der Waals surface area contributed by atoms with Gasteiger partial charge in [-0.05, 0) is 6.92 Å². The molecule has 1 aliphatic rings. The molecule has 0 aromatic heterocycles. The molecular formula is C12H14FeNO-. The summed E-state index contributed by atoms with van der Waals surface area (Å²) < 4.78 is 0. The summed E-state index contributed by atoms with van der Waals surface area (Å²) in [5.74, 6) is 0.384. The Labute approximate surface area is 101 Å². The van der Waals surface area contributed by atoms with Crippen LogP contribution in [0, 0.1) is 0 Å². The third kappa shape index (κ3) is 5.21. The molecule has 0 spiro atoms. The summed E-state index contributed by atoms with van der Waals surface area (Å²) >= 11 is 0. The first-order valence-electron chi connectivity index (χ1n) is 4.42. The molecular weight excluding hydrogens is 230 g/mol. The van der Waals surface area contributed by atoms with E-state index in [1.165, 1.54) is 0 Å². The zero-order valence-corrected chi connectivity index (χ0v) is 9.60. The molecule has 2 nitrogen and oxygen atoms in total. The van der Waals surface area contributed by atoms with E-state index >= 15 is 0 Å². The average Bonchev–Trinajstić information content (AvgIpc) is 2.75. The number of allylic oxidation sites excluding steroid dienone is 6. The van der Waals surface area contributed by atoms with Crippen molar-refractivity contribution >= 4 is 5.69 Å². The van der Waals surface area contributed by atoms with E-state index in [4.69, 9.17) is 10.8 Å². The Balaban J connectivity index is 0.000000253. The molecule has 82 valence electrons. The smallest absolute Gasteiger partial charge is 0.0963 e. The predicted molar refractivity (Wildman–Crippen MR) is 60.1 cm³/mol. The van der Waals surface area contributed by atoms with E-state index in [9.17, 15) is 0 Å². The molecule has 0 amide bonds. The van der Waals surface area contributed by atoms with E-state index in [1.807, 2.05) is 48.6 Å². The first kappa shape index (κ1) is 13.7. The van der Waals surface area contributed by atoms with Crippen LogP contribution < -0.4 is 5.73 Å².